The molecule has 1 rings (SSSR count). The van der Waals surface area contributed by atoms with Crippen molar-refractivity contribution >= 4 is 38.2 Å². The van der Waals surface area contributed by atoms with Gasteiger partial charge in [0.2, 0.25) is 15.9 Å². The normalized spacial score (nSPS) is 17.1. The van der Waals surface area contributed by atoms with Crippen molar-refractivity contribution in [3.05, 3.63) is 0 Å². The molecule has 0 radical (unpaired) electrons. The van der Waals surface area contributed by atoms with E-state index in [0.717, 1.165) is 32.2 Å². The number of sulfone groups is 1. The molecule has 1 heterocycles. The monoisotopic (exact) mass is 377 g/mol. The molecule has 1 aliphatic rings. The van der Waals surface area contributed by atoms with Crippen molar-refractivity contribution in [2.24, 2.45) is 5.73 Å². The lowest BCUT2D eigenvalue weighted by molar-refractivity contribution is -0.131. The van der Waals surface area contributed by atoms with Crippen LogP contribution in [-0.4, -0.2) is 64.7 Å². The van der Waals surface area contributed by atoms with Crippen molar-refractivity contribution < 1.29 is 21.6 Å². The average molecular weight is 378 g/mol. The van der Waals surface area contributed by atoms with Gasteiger partial charge in [-0.2, -0.15) is 0 Å². The Kier molecular flexibility index (Phi) is 8.85. The number of hydrogen-bond acceptors (Lipinski definition) is 6. The maximum atomic E-state index is 11.9. The maximum absolute atomic E-state index is 11.9. The molecule has 0 aromatic rings. The van der Waals surface area contributed by atoms with Gasteiger partial charge in [-0.15, -0.1) is 12.4 Å². The summed E-state index contributed by atoms with van der Waals surface area (Å²) in [6.45, 7) is 1.53. The fourth-order valence-corrected chi connectivity index (χ4v) is 5.21. The standard InChI is InChI=1S/C11H23N3O5S2.ClH/c1-20(16,17)9-21(18,19)13-6-4-5-10(12)11(15)14-7-2-3-8-14;/h10,13H,2-9,12H2,1H3;1H. The number of halogens is 1. The van der Waals surface area contributed by atoms with Gasteiger partial charge in [-0.25, -0.2) is 21.6 Å². The van der Waals surface area contributed by atoms with E-state index in [0.29, 0.717) is 12.8 Å². The number of sulfonamides is 1. The Bertz CT molecular complexity index is 558. The first-order valence-electron chi connectivity index (χ1n) is 6.80. The van der Waals surface area contributed by atoms with E-state index in [9.17, 15) is 21.6 Å². The van der Waals surface area contributed by atoms with Crippen molar-refractivity contribution in [2.75, 3.05) is 31.0 Å². The molecule has 0 aliphatic carbocycles. The van der Waals surface area contributed by atoms with Crippen LogP contribution in [0.1, 0.15) is 25.7 Å². The van der Waals surface area contributed by atoms with Crippen LogP contribution < -0.4 is 10.5 Å². The minimum absolute atomic E-state index is 0. The highest BCUT2D eigenvalue weighted by Gasteiger charge is 2.23. The van der Waals surface area contributed by atoms with E-state index >= 15 is 0 Å². The molecule has 11 heteroatoms. The predicted molar refractivity (Wildman–Crippen MR) is 86.9 cm³/mol. The Morgan fingerprint density at radius 2 is 1.77 bits per heavy atom. The number of rotatable bonds is 8. The van der Waals surface area contributed by atoms with Gasteiger partial charge in [0, 0.05) is 25.9 Å². The molecule has 22 heavy (non-hydrogen) atoms. The molecule has 132 valence electrons. The van der Waals surface area contributed by atoms with E-state index < -0.39 is 31.0 Å². The molecular formula is C11H24ClN3O5S2. The molecule has 1 atom stereocenters. The van der Waals surface area contributed by atoms with Gasteiger partial charge in [-0.1, -0.05) is 0 Å². The summed E-state index contributed by atoms with van der Waals surface area (Å²) in [5, 5.41) is -0.932. The van der Waals surface area contributed by atoms with Gasteiger partial charge < -0.3 is 10.6 Å². The highest BCUT2D eigenvalue weighted by atomic mass is 35.5. The second-order valence-corrected chi connectivity index (χ2v) is 9.65. The second kappa shape index (κ2) is 9.02. The predicted octanol–water partition coefficient (Wildman–Crippen LogP) is -0.940. The van der Waals surface area contributed by atoms with Crippen LogP contribution >= 0.6 is 12.4 Å². The molecule has 1 fully saturated rings. The zero-order chi connectivity index (χ0) is 16.1. The van der Waals surface area contributed by atoms with Crippen LogP contribution in [0.5, 0.6) is 0 Å². The topological polar surface area (TPSA) is 127 Å². The van der Waals surface area contributed by atoms with Gasteiger partial charge in [0.25, 0.3) is 0 Å². The molecule has 0 spiro atoms. The van der Waals surface area contributed by atoms with Crippen molar-refractivity contribution in [3.8, 4) is 0 Å². The highest BCUT2D eigenvalue weighted by molar-refractivity contribution is 8.06. The summed E-state index contributed by atoms with van der Waals surface area (Å²) in [4.78, 5) is 13.6. The van der Waals surface area contributed by atoms with Gasteiger partial charge in [-0.3, -0.25) is 4.79 Å². The van der Waals surface area contributed by atoms with Crippen LogP contribution in [0.4, 0.5) is 0 Å². The molecule has 8 nitrogen and oxygen atoms in total. The summed E-state index contributed by atoms with van der Waals surface area (Å²) in [7, 11) is -7.44. The fraction of sp³-hybridized carbons (Fsp3) is 0.909. The van der Waals surface area contributed by atoms with E-state index in [1.165, 1.54) is 0 Å². The molecule has 0 aromatic carbocycles. The van der Waals surface area contributed by atoms with Crippen molar-refractivity contribution in [2.45, 2.75) is 31.7 Å². The lowest BCUT2D eigenvalue weighted by Crippen LogP contribution is -2.42. The summed E-state index contributed by atoms with van der Waals surface area (Å²) in [5.74, 6) is -0.105. The van der Waals surface area contributed by atoms with Crippen LogP contribution in [0.25, 0.3) is 0 Å². The molecule has 3 N–H and O–H groups in total. The van der Waals surface area contributed by atoms with Gasteiger partial charge in [0.15, 0.2) is 14.9 Å². The van der Waals surface area contributed by atoms with E-state index in [1.807, 2.05) is 0 Å². The first-order valence-corrected chi connectivity index (χ1v) is 10.5. The maximum Gasteiger partial charge on any atom is 0.239 e. The number of nitrogens with two attached hydrogens (primary N) is 1. The third kappa shape index (κ3) is 8.28. The first kappa shape index (κ1) is 21.6. The van der Waals surface area contributed by atoms with Crippen LogP contribution in [0, 0.1) is 0 Å². The lowest BCUT2D eigenvalue weighted by atomic mass is 10.1. The van der Waals surface area contributed by atoms with Gasteiger partial charge in [-0.05, 0) is 25.7 Å². The number of amides is 1. The second-order valence-electron chi connectivity index (χ2n) is 5.33. The van der Waals surface area contributed by atoms with E-state index in [2.05, 4.69) is 4.72 Å². The quantitative estimate of drug-likeness (QED) is 0.525. The number of carbonyl (C=O) groups is 1. The first-order chi connectivity index (χ1) is 9.61. The smallest absolute Gasteiger partial charge is 0.239 e. The van der Waals surface area contributed by atoms with Crippen molar-refractivity contribution in [1.82, 2.24) is 9.62 Å². The number of nitrogens with one attached hydrogen (secondary N) is 1. The lowest BCUT2D eigenvalue weighted by Gasteiger charge is -2.20. The number of nitrogens with zero attached hydrogens (tertiary/aromatic N) is 1. The Morgan fingerprint density at radius 3 is 2.27 bits per heavy atom. The van der Waals surface area contributed by atoms with Crippen LogP contribution in [0.2, 0.25) is 0 Å². The third-order valence-corrected chi connectivity index (χ3v) is 6.72. The average Bonchev–Trinajstić information content (AvgIpc) is 2.84. The zero-order valence-corrected chi connectivity index (χ0v) is 15.0. The van der Waals surface area contributed by atoms with Gasteiger partial charge >= 0.3 is 0 Å². The Balaban J connectivity index is 0.00000441. The van der Waals surface area contributed by atoms with Crippen molar-refractivity contribution in [3.63, 3.8) is 0 Å². The zero-order valence-electron chi connectivity index (χ0n) is 12.5. The van der Waals surface area contributed by atoms with E-state index in [-0.39, 0.29) is 24.9 Å². The summed E-state index contributed by atoms with van der Waals surface area (Å²) >= 11 is 0. The molecule has 1 amide bonds. The third-order valence-electron chi connectivity index (χ3n) is 3.12. The van der Waals surface area contributed by atoms with Crippen LogP contribution in [0.15, 0.2) is 0 Å². The van der Waals surface area contributed by atoms with Crippen LogP contribution in [0.3, 0.4) is 0 Å². The van der Waals surface area contributed by atoms with Gasteiger partial charge in [0.05, 0.1) is 6.04 Å². The Labute approximate surface area is 138 Å². The van der Waals surface area contributed by atoms with E-state index in [1.54, 1.807) is 4.90 Å². The largest absolute Gasteiger partial charge is 0.341 e. The molecule has 1 unspecified atom stereocenters. The molecule has 0 saturated carbocycles. The number of likely N-dealkylation sites (tertiary alicyclic amines) is 1. The van der Waals surface area contributed by atoms with Crippen molar-refractivity contribution in [1.29, 1.82) is 0 Å². The molecular weight excluding hydrogens is 354 g/mol. The SMILES string of the molecule is CS(=O)(=O)CS(=O)(=O)NCCCC(N)C(=O)N1CCCC1.Cl. The van der Waals surface area contributed by atoms with E-state index in [4.69, 9.17) is 5.73 Å². The molecule has 1 aliphatic heterocycles. The molecule has 1 saturated heterocycles. The fourth-order valence-electron chi connectivity index (χ4n) is 2.17. The highest BCUT2D eigenvalue weighted by Crippen LogP contribution is 2.10. The van der Waals surface area contributed by atoms with Gasteiger partial charge in [0.1, 0.15) is 0 Å². The summed E-state index contributed by atoms with van der Waals surface area (Å²) in [6, 6.07) is -0.637. The molecule has 0 bridgehead atoms. The Morgan fingerprint density at radius 1 is 1.23 bits per heavy atom. The Hall–Kier alpha value is -0.420. The minimum atomic E-state index is -3.85. The van der Waals surface area contributed by atoms with Crippen LogP contribution in [-0.2, 0) is 24.7 Å². The summed E-state index contributed by atoms with van der Waals surface area (Å²) in [6.07, 6.45) is 3.57. The number of carbonyl (C=O) groups excluding carboxylic acids is 1. The summed E-state index contributed by atoms with van der Waals surface area (Å²) in [5.41, 5.74) is 5.78. The molecule has 0 aromatic heterocycles. The number of hydrogen-bond donors (Lipinski definition) is 2. The summed E-state index contributed by atoms with van der Waals surface area (Å²) < 4.78 is 46.9. The minimum Gasteiger partial charge on any atom is -0.341 e.